The number of aromatic hydroxyl groups is 1. The van der Waals surface area contributed by atoms with Gasteiger partial charge >= 0.3 is 5.97 Å². The van der Waals surface area contributed by atoms with Crippen molar-refractivity contribution in [1.82, 2.24) is 0 Å². The number of aromatic carboxylic acids is 1. The maximum absolute atomic E-state index is 13.0. The van der Waals surface area contributed by atoms with E-state index in [0.717, 1.165) is 29.2 Å². The minimum absolute atomic E-state index is 0.123. The minimum Gasteiger partial charge on any atom is -0.507 e. The molecule has 10 heteroatoms. The van der Waals surface area contributed by atoms with Gasteiger partial charge in [-0.2, -0.15) is 0 Å². The van der Waals surface area contributed by atoms with Crippen LogP contribution in [0.5, 0.6) is 5.75 Å². The lowest BCUT2D eigenvalue weighted by atomic mass is 10.1. The Labute approximate surface area is 162 Å². The van der Waals surface area contributed by atoms with Crippen molar-refractivity contribution in [1.29, 1.82) is 0 Å². The summed E-state index contributed by atoms with van der Waals surface area (Å²) in [6.45, 7) is 0. The van der Waals surface area contributed by atoms with E-state index in [-0.39, 0.29) is 23.4 Å². The van der Waals surface area contributed by atoms with E-state index in [1.54, 1.807) is 0 Å². The van der Waals surface area contributed by atoms with Gasteiger partial charge in [-0.1, -0.05) is 0 Å². The molecule has 1 heterocycles. The molecule has 0 saturated carbocycles. The molecule has 3 rings (SSSR count). The van der Waals surface area contributed by atoms with Gasteiger partial charge in [0.1, 0.15) is 22.4 Å². The highest BCUT2D eigenvalue weighted by atomic mass is 32.2. The summed E-state index contributed by atoms with van der Waals surface area (Å²) in [4.78, 5) is 48.7. The van der Waals surface area contributed by atoms with E-state index >= 15 is 0 Å². The topological polar surface area (TPSA) is 124 Å². The van der Waals surface area contributed by atoms with Crippen LogP contribution in [-0.4, -0.2) is 38.5 Å². The van der Waals surface area contributed by atoms with Gasteiger partial charge in [-0.25, -0.2) is 14.1 Å². The fourth-order valence-corrected chi connectivity index (χ4v) is 3.56. The number of carbonyl (C=O) groups is 4. The molecular formula is C18H13FN2O6S. The summed E-state index contributed by atoms with van der Waals surface area (Å²) in [5, 5.41) is 19.4. The van der Waals surface area contributed by atoms with Crippen molar-refractivity contribution in [2.24, 2.45) is 0 Å². The third-order valence-corrected chi connectivity index (χ3v) is 4.92. The maximum atomic E-state index is 13.0. The molecule has 0 spiro atoms. The van der Waals surface area contributed by atoms with Crippen LogP contribution in [-0.2, 0) is 9.59 Å². The number of nitrogens with one attached hydrogen (secondary N) is 1. The Bertz CT molecular complexity index is 979. The zero-order chi connectivity index (χ0) is 20.4. The smallest absolute Gasteiger partial charge is 0.339 e. The van der Waals surface area contributed by atoms with Crippen molar-refractivity contribution in [3.63, 3.8) is 0 Å². The highest BCUT2D eigenvalue weighted by Gasteiger charge is 2.41. The number of rotatable bonds is 5. The second-order valence-electron chi connectivity index (χ2n) is 5.81. The van der Waals surface area contributed by atoms with Gasteiger partial charge < -0.3 is 15.5 Å². The third kappa shape index (κ3) is 3.96. The molecule has 2 aromatic carbocycles. The summed E-state index contributed by atoms with van der Waals surface area (Å²) in [5.74, 6) is -3.54. The fourth-order valence-electron chi connectivity index (χ4n) is 2.58. The molecule has 0 bridgehead atoms. The largest absolute Gasteiger partial charge is 0.507 e. The van der Waals surface area contributed by atoms with E-state index in [0.29, 0.717) is 11.8 Å². The number of hydrogen-bond acceptors (Lipinski definition) is 6. The van der Waals surface area contributed by atoms with Gasteiger partial charge in [0.15, 0.2) is 0 Å². The first-order valence-electron chi connectivity index (χ1n) is 7.92. The molecule has 0 aliphatic carbocycles. The number of carbonyl (C=O) groups excluding carboxylic acids is 3. The summed E-state index contributed by atoms with van der Waals surface area (Å²) in [7, 11) is 0. The Hall–Kier alpha value is -3.40. The average molecular weight is 404 g/mol. The third-order valence-electron chi connectivity index (χ3n) is 3.89. The number of hydrogen-bond donors (Lipinski definition) is 3. The van der Waals surface area contributed by atoms with Crippen LogP contribution >= 0.6 is 11.8 Å². The van der Waals surface area contributed by atoms with Crippen LogP contribution in [0.2, 0.25) is 0 Å². The Morgan fingerprint density at radius 1 is 1.14 bits per heavy atom. The van der Waals surface area contributed by atoms with Gasteiger partial charge in [0.25, 0.3) is 5.24 Å². The number of thioether (sulfide) groups is 1. The van der Waals surface area contributed by atoms with E-state index in [1.165, 1.54) is 18.2 Å². The minimum atomic E-state index is -1.37. The van der Waals surface area contributed by atoms with Gasteiger partial charge in [0.05, 0.1) is 5.69 Å². The van der Waals surface area contributed by atoms with E-state index in [4.69, 9.17) is 5.11 Å². The maximum Gasteiger partial charge on any atom is 0.339 e. The average Bonchev–Trinajstić information content (AvgIpc) is 2.91. The van der Waals surface area contributed by atoms with Crippen LogP contribution < -0.4 is 10.2 Å². The van der Waals surface area contributed by atoms with E-state index in [2.05, 4.69) is 5.32 Å². The summed E-state index contributed by atoms with van der Waals surface area (Å²) in [6, 6.07) is 8.32. The number of nitrogens with zero attached hydrogens (tertiary/aromatic N) is 1. The molecule has 3 N–H and O–H groups in total. The van der Waals surface area contributed by atoms with Crippen LogP contribution in [0.4, 0.5) is 20.6 Å². The molecular weight excluding hydrogens is 391 g/mol. The van der Waals surface area contributed by atoms with Crippen LogP contribution in [0.3, 0.4) is 0 Å². The number of imide groups is 1. The number of benzene rings is 2. The Morgan fingerprint density at radius 3 is 2.46 bits per heavy atom. The van der Waals surface area contributed by atoms with Crippen LogP contribution in [0.15, 0.2) is 42.5 Å². The number of carboxylic acids is 1. The lowest BCUT2D eigenvalue weighted by Crippen LogP contribution is -2.32. The highest BCUT2D eigenvalue weighted by Crippen LogP contribution is 2.33. The van der Waals surface area contributed by atoms with Gasteiger partial charge in [0, 0.05) is 12.1 Å². The first kappa shape index (κ1) is 19.4. The van der Waals surface area contributed by atoms with Gasteiger partial charge in [-0.15, -0.1) is 0 Å². The van der Waals surface area contributed by atoms with Gasteiger partial charge in [-0.05, 0) is 54.2 Å². The normalized spacial score (nSPS) is 16.3. The molecule has 28 heavy (non-hydrogen) atoms. The van der Waals surface area contributed by atoms with Crippen molar-refractivity contribution in [2.75, 3.05) is 10.2 Å². The van der Waals surface area contributed by atoms with E-state index < -0.39 is 39.8 Å². The van der Waals surface area contributed by atoms with Crippen molar-refractivity contribution in [3.8, 4) is 5.75 Å². The summed E-state index contributed by atoms with van der Waals surface area (Å²) in [5.41, 5.74) is -0.0596. The zero-order valence-corrected chi connectivity index (χ0v) is 14.9. The number of halogens is 1. The molecule has 0 aromatic heterocycles. The predicted octanol–water partition coefficient (Wildman–Crippen LogP) is 2.83. The molecule has 3 amide bonds. The van der Waals surface area contributed by atoms with Crippen molar-refractivity contribution in [2.45, 2.75) is 11.7 Å². The first-order chi connectivity index (χ1) is 13.3. The standard InChI is InChI=1S/C18H13FN2O6S/c19-9-1-4-11(5-2-9)21-16(24)14(28-18(21)27)8-15(23)20-10-3-6-13(22)12(7-10)17(25)26/h1-7,14,22H,8H2,(H,20,23)(H,25,26). The summed E-state index contributed by atoms with van der Waals surface area (Å²) in [6.07, 6.45) is -0.323. The van der Waals surface area contributed by atoms with E-state index in [1.807, 2.05) is 0 Å². The second kappa shape index (κ2) is 7.69. The molecule has 0 radical (unpaired) electrons. The number of anilines is 2. The molecule has 2 aromatic rings. The molecule has 144 valence electrons. The Morgan fingerprint density at radius 2 is 1.82 bits per heavy atom. The van der Waals surface area contributed by atoms with Gasteiger partial charge in [0.2, 0.25) is 11.8 Å². The van der Waals surface area contributed by atoms with Crippen molar-refractivity contribution >= 4 is 46.2 Å². The summed E-state index contributed by atoms with van der Waals surface area (Å²) < 4.78 is 13.0. The van der Waals surface area contributed by atoms with Crippen LogP contribution in [0.25, 0.3) is 0 Å². The number of carboxylic acid groups (broad SMARTS) is 1. The van der Waals surface area contributed by atoms with Crippen molar-refractivity contribution in [3.05, 3.63) is 53.8 Å². The van der Waals surface area contributed by atoms with E-state index in [9.17, 15) is 28.7 Å². The molecule has 1 saturated heterocycles. The van der Waals surface area contributed by atoms with Crippen LogP contribution in [0, 0.1) is 5.82 Å². The Kier molecular flexibility index (Phi) is 5.32. The van der Waals surface area contributed by atoms with Crippen molar-refractivity contribution < 1.29 is 33.8 Å². The fraction of sp³-hybridized carbons (Fsp3) is 0.111. The number of phenols is 1. The number of amides is 3. The molecule has 1 aliphatic heterocycles. The predicted molar refractivity (Wildman–Crippen MR) is 99.0 cm³/mol. The lowest BCUT2D eigenvalue weighted by Gasteiger charge is -2.14. The molecule has 1 aliphatic rings. The lowest BCUT2D eigenvalue weighted by molar-refractivity contribution is -0.121. The zero-order valence-electron chi connectivity index (χ0n) is 14.1. The monoisotopic (exact) mass is 404 g/mol. The van der Waals surface area contributed by atoms with Crippen LogP contribution in [0.1, 0.15) is 16.8 Å². The quantitative estimate of drug-likeness (QED) is 0.655. The Balaban J connectivity index is 1.69. The first-order valence-corrected chi connectivity index (χ1v) is 8.80. The molecule has 1 unspecified atom stereocenters. The SMILES string of the molecule is O=C(CC1SC(=O)N(c2ccc(F)cc2)C1=O)Nc1ccc(O)c(C(=O)O)c1. The van der Waals surface area contributed by atoms with Gasteiger partial charge in [-0.3, -0.25) is 14.4 Å². The second-order valence-corrected chi connectivity index (χ2v) is 6.97. The summed E-state index contributed by atoms with van der Waals surface area (Å²) >= 11 is 0.679. The molecule has 1 atom stereocenters. The highest BCUT2D eigenvalue weighted by molar-refractivity contribution is 8.15. The molecule has 1 fully saturated rings. The molecule has 8 nitrogen and oxygen atoms in total.